The van der Waals surface area contributed by atoms with Crippen LogP contribution in [0.25, 0.3) is 0 Å². The predicted molar refractivity (Wildman–Crippen MR) is 67.8 cm³/mol. The van der Waals surface area contributed by atoms with Gasteiger partial charge in [0, 0.05) is 16.8 Å². The maximum atomic E-state index is 11.9. The number of carbonyl (C=O) groups is 1. The largest absolute Gasteiger partial charge is 0.398 e. The van der Waals surface area contributed by atoms with Crippen LogP contribution in [0.2, 0.25) is 5.02 Å². The Morgan fingerprint density at radius 1 is 1.65 bits per heavy atom. The van der Waals surface area contributed by atoms with Crippen LogP contribution < -0.4 is 11.1 Å². The summed E-state index contributed by atoms with van der Waals surface area (Å²) in [6.45, 7) is 3.55. The molecule has 0 radical (unpaired) electrons. The lowest BCUT2D eigenvalue weighted by Gasteiger charge is -2.13. The molecule has 1 unspecified atom stereocenters. The van der Waals surface area contributed by atoms with E-state index in [0.717, 1.165) is 5.56 Å². The molecule has 1 amide bonds. The molecule has 0 bridgehead atoms. The molecule has 0 spiro atoms. The van der Waals surface area contributed by atoms with Gasteiger partial charge >= 0.3 is 0 Å². The van der Waals surface area contributed by atoms with Gasteiger partial charge in [0.25, 0.3) is 5.91 Å². The fourth-order valence-corrected chi connectivity index (χ4v) is 1.70. The molecule has 1 rings (SSSR count). The van der Waals surface area contributed by atoms with E-state index >= 15 is 0 Å². The normalized spacial score (nSPS) is 11.6. The minimum atomic E-state index is -0.309. The fraction of sp³-hybridized carbons (Fsp3) is 0.333. The summed E-state index contributed by atoms with van der Waals surface area (Å²) in [5.74, 6) is -0.309. The van der Waals surface area contributed by atoms with Crippen LogP contribution in [-0.4, -0.2) is 11.9 Å². The van der Waals surface area contributed by atoms with Crippen molar-refractivity contribution < 1.29 is 4.79 Å². The first-order valence-corrected chi connectivity index (χ1v) is 5.57. The summed E-state index contributed by atoms with van der Waals surface area (Å²) in [4.78, 5) is 11.9. The zero-order valence-electron chi connectivity index (χ0n) is 9.75. The number of nitrogens with two attached hydrogens (primary N) is 1. The van der Waals surface area contributed by atoms with Crippen LogP contribution in [0.5, 0.6) is 0 Å². The number of benzene rings is 1. The van der Waals surface area contributed by atoms with Gasteiger partial charge in [-0.3, -0.25) is 4.79 Å². The molecule has 0 saturated carbocycles. The first-order chi connectivity index (χ1) is 7.95. The molecule has 0 fully saturated rings. The number of nitrogens with one attached hydrogen (secondary N) is 1. The smallest absolute Gasteiger partial charge is 0.253 e. The van der Waals surface area contributed by atoms with E-state index in [1.54, 1.807) is 19.9 Å². The van der Waals surface area contributed by atoms with Crippen molar-refractivity contribution in [1.29, 1.82) is 5.26 Å². The lowest BCUT2D eigenvalue weighted by Crippen LogP contribution is -2.32. The quantitative estimate of drug-likeness (QED) is 0.809. The number of carbonyl (C=O) groups excluding carboxylic acids is 1. The molecule has 0 aliphatic heterocycles. The van der Waals surface area contributed by atoms with Crippen molar-refractivity contribution in [3.63, 3.8) is 0 Å². The average molecular weight is 252 g/mol. The first-order valence-electron chi connectivity index (χ1n) is 5.19. The number of nitrogen functional groups attached to an aromatic ring is 1. The van der Waals surface area contributed by atoms with Gasteiger partial charge in [0.1, 0.15) is 0 Å². The Morgan fingerprint density at radius 3 is 2.88 bits per heavy atom. The Labute approximate surface area is 105 Å². The number of amides is 1. The molecular weight excluding hydrogens is 238 g/mol. The molecule has 1 atom stereocenters. The molecule has 3 N–H and O–H groups in total. The minimum absolute atomic E-state index is 0.216. The highest BCUT2D eigenvalue weighted by Gasteiger charge is 2.14. The molecule has 1 aromatic rings. The molecule has 0 heterocycles. The maximum absolute atomic E-state index is 11.9. The number of rotatable bonds is 3. The topological polar surface area (TPSA) is 78.9 Å². The second kappa shape index (κ2) is 5.55. The van der Waals surface area contributed by atoms with Crippen molar-refractivity contribution in [2.45, 2.75) is 26.3 Å². The molecule has 0 aliphatic rings. The van der Waals surface area contributed by atoms with Gasteiger partial charge < -0.3 is 11.1 Å². The molecule has 1 aromatic carbocycles. The van der Waals surface area contributed by atoms with Gasteiger partial charge in [0.05, 0.1) is 18.1 Å². The third-order valence-corrected chi connectivity index (χ3v) is 2.59. The van der Waals surface area contributed by atoms with Gasteiger partial charge in [-0.2, -0.15) is 5.26 Å². The summed E-state index contributed by atoms with van der Waals surface area (Å²) >= 11 is 5.88. The lowest BCUT2D eigenvalue weighted by atomic mass is 10.1. The Hall–Kier alpha value is -1.73. The van der Waals surface area contributed by atoms with Gasteiger partial charge in [-0.25, -0.2) is 0 Å². The summed E-state index contributed by atoms with van der Waals surface area (Å²) in [7, 11) is 0. The summed E-state index contributed by atoms with van der Waals surface area (Å²) in [6.07, 6.45) is 0.255. The van der Waals surface area contributed by atoms with Gasteiger partial charge in [-0.1, -0.05) is 11.6 Å². The average Bonchev–Trinajstić information content (AvgIpc) is 2.23. The highest BCUT2D eigenvalue weighted by Crippen LogP contribution is 2.22. The molecule has 17 heavy (non-hydrogen) atoms. The molecule has 0 aromatic heterocycles. The number of anilines is 1. The van der Waals surface area contributed by atoms with Crippen LogP contribution in [0, 0.1) is 18.3 Å². The van der Waals surface area contributed by atoms with E-state index in [0.29, 0.717) is 16.3 Å². The second-order valence-corrected chi connectivity index (χ2v) is 4.36. The molecule has 90 valence electrons. The van der Waals surface area contributed by atoms with E-state index in [9.17, 15) is 4.79 Å². The van der Waals surface area contributed by atoms with Gasteiger partial charge in [-0.15, -0.1) is 0 Å². The molecule has 5 heteroatoms. The highest BCUT2D eigenvalue weighted by atomic mass is 35.5. The highest BCUT2D eigenvalue weighted by molar-refractivity contribution is 6.31. The predicted octanol–water partition coefficient (Wildman–Crippen LogP) is 2.26. The third kappa shape index (κ3) is 3.36. The summed E-state index contributed by atoms with van der Waals surface area (Å²) in [5.41, 5.74) is 7.34. The van der Waals surface area contributed by atoms with E-state index in [1.807, 2.05) is 6.07 Å². The Bertz CT molecular complexity index is 479. The summed E-state index contributed by atoms with van der Waals surface area (Å²) in [6, 6.07) is 5.00. The Balaban J connectivity index is 2.94. The van der Waals surface area contributed by atoms with Crippen LogP contribution in [-0.2, 0) is 0 Å². The summed E-state index contributed by atoms with van der Waals surface area (Å²) < 4.78 is 0. The third-order valence-electron chi connectivity index (χ3n) is 2.37. The second-order valence-electron chi connectivity index (χ2n) is 3.92. The maximum Gasteiger partial charge on any atom is 0.253 e. The van der Waals surface area contributed by atoms with Gasteiger partial charge in [-0.05, 0) is 31.5 Å². The number of aryl methyl sites for hydroxylation is 1. The van der Waals surface area contributed by atoms with Crippen molar-refractivity contribution in [3.8, 4) is 6.07 Å². The van der Waals surface area contributed by atoms with Crippen LogP contribution in [0.1, 0.15) is 29.3 Å². The SMILES string of the molecule is Cc1cc(Cl)cc(C(=O)NC(C)CC#N)c1N. The van der Waals surface area contributed by atoms with Crippen LogP contribution >= 0.6 is 11.6 Å². The first kappa shape index (κ1) is 13.3. The molecule has 4 nitrogen and oxygen atoms in total. The van der Waals surface area contributed by atoms with E-state index in [-0.39, 0.29) is 18.4 Å². The number of nitrogens with zero attached hydrogens (tertiary/aromatic N) is 1. The number of nitriles is 1. The van der Waals surface area contributed by atoms with Crippen LogP contribution in [0.15, 0.2) is 12.1 Å². The van der Waals surface area contributed by atoms with E-state index in [1.165, 1.54) is 6.07 Å². The van der Waals surface area contributed by atoms with Crippen molar-refractivity contribution >= 4 is 23.2 Å². The van der Waals surface area contributed by atoms with Gasteiger partial charge in [0.15, 0.2) is 0 Å². The van der Waals surface area contributed by atoms with Crippen LogP contribution in [0.4, 0.5) is 5.69 Å². The number of hydrogen-bond acceptors (Lipinski definition) is 3. The van der Waals surface area contributed by atoms with Crippen LogP contribution in [0.3, 0.4) is 0 Å². The number of halogens is 1. The van der Waals surface area contributed by atoms with Crippen molar-refractivity contribution in [1.82, 2.24) is 5.32 Å². The van der Waals surface area contributed by atoms with E-state index in [2.05, 4.69) is 5.32 Å². The lowest BCUT2D eigenvalue weighted by molar-refractivity contribution is 0.0941. The monoisotopic (exact) mass is 251 g/mol. The standard InChI is InChI=1S/C12H14ClN3O/c1-7-5-9(13)6-10(11(7)15)12(17)16-8(2)3-4-14/h5-6,8H,3,15H2,1-2H3,(H,16,17). The van der Waals surface area contributed by atoms with Gasteiger partial charge in [0.2, 0.25) is 0 Å². The minimum Gasteiger partial charge on any atom is -0.398 e. The Morgan fingerprint density at radius 2 is 2.29 bits per heavy atom. The summed E-state index contributed by atoms with van der Waals surface area (Å²) in [5, 5.41) is 11.7. The van der Waals surface area contributed by atoms with Crippen molar-refractivity contribution in [2.24, 2.45) is 0 Å². The zero-order chi connectivity index (χ0) is 13.0. The zero-order valence-corrected chi connectivity index (χ0v) is 10.5. The van der Waals surface area contributed by atoms with E-state index < -0.39 is 0 Å². The Kier molecular flexibility index (Phi) is 4.36. The molecule has 0 saturated heterocycles. The van der Waals surface area contributed by atoms with Crippen molar-refractivity contribution in [3.05, 3.63) is 28.3 Å². The van der Waals surface area contributed by atoms with E-state index in [4.69, 9.17) is 22.6 Å². The number of hydrogen-bond donors (Lipinski definition) is 2. The fourth-order valence-electron chi connectivity index (χ4n) is 1.43. The van der Waals surface area contributed by atoms with Crippen molar-refractivity contribution in [2.75, 3.05) is 5.73 Å². The molecular formula is C12H14ClN3O. The molecule has 0 aliphatic carbocycles.